The van der Waals surface area contributed by atoms with Crippen LogP contribution in [0.15, 0.2) is 0 Å². The highest BCUT2D eigenvalue weighted by atomic mass is 15.3. The Bertz CT molecular complexity index is 407. The van der Waals surface area contributed by atoms with Gasteiger partial charge in [0.05, 0.1) is 11.4 Å². The molecule has 0 spiro atoms. The van der Waals surface area contributed by atoms with Gasteiger partial charge in [0.15, 0.2) is 0 Å². The molecule has 0 bridgehead atoms. The van der Waals surface area contributed by atoms with Crippen molar-refractivity contribution >= 4 is 5.95 Å². The summed E-state index contributed by atoms with van der Waals surface area (Å²) in [5, 5.41) is 12.0. The van der Waals surface area contributed by atoms with Gasteiger partial charge in [-0.1, -0.05) is 6.92 Å². The maximum Gasteiger partial charge on any atom is 0.245 e. The molecule has 1 saturated heterocycles. The van der Waals surface area contributed by atoms with Gasteiger partial charge in [-0.3, -0.25) is 0 Å². The van der Waals surface area contributed by atoms with E-state index in [9.17, 15) is 0 Å². The third-order valence-corrected chi connectivity index (χ3v) is 3.77. The number of nitrogens with zero attached hydrogens (tertiary/aromatic N) is 4. The minimum Gasteiger partial charge on any atom is -0.335 e. The average Bonchev–Trinajstić information content (AvgIpc) is 2.43. The van der Waals surface area contributed by atoms with E-state index < -0.39 is 0 Å². The molecule has 106 valence electrons. The highest BCUT2D eigenvalue weighted by Crippen LogP contribution is 2.21. The van der Waals surface area contributed by atoms with Crippen LogP contribution in [-0.4, -0.2) is 40.9 Å². The molecule has 0 aliphatic carbocycles. The molecule has 19 heavy (non-hydrogen) atoms. The highest BCUT2D eigenvalue weighted by Gasteiger charge is 2.24. The van der Waals surface area contributed by atoms with Gasteiger partial charge in [0.1, 0.15) is 0 Å². The van der Waals surface area contributed by atoms with Gasteiger partial charge in [-0.2, -0.15) is 5.10 Å². The molecule has 1 unspecified atom stereocenters. The average molecular weight is 263 g/mol. The second kappa shape index (κ2) is 6.80. The van der Waals surface area contributed by atoms with E-state index in [1.54, 1.807) is 0 Å². The first-order chi connectivity index (χ1) is 9.22. The van der Waals surface area contributed by atoms with Crippen molar-refractivity contribution in [2.45, 2.75) is 52.5 Å². The van der Waals surface area contributed by atoms with E-state index >= 15 is 0 Å². The fraction of sp³-hybridized carbons (Fsp3) is 0.786. The smallest absolute Gasteiger partial charge is 0.245 e. The first kappa shape index (κ1) is 14.2. The van der Waals surface area contributed by atoms with Crippen LogP contribution in [0.3, 0.4) is 0 Å². The quantitative estimate of drug-likeness (QED) is 0.822. The molecular weight excluding hydrogens is 238 g/mol. The number of aromatic nitrogens is 3. The third-order valence-electron chi connectivity index (χ3n) is 3.77. The van der Waals surface area contributed by atoms with Crippen molar-refractivity contribution in [3.05, 3.63) is 11.4 Å². The molecule has 1 aromatic rings. The molecule has 5 heteroatoms. The van der Waals surface area contributed by atoms with Crippen molar-refractivity contribution in [2.24, 2.45) is 0 Å². The first-order valence-electron chi connectivity index (χ1n) is 7.37. The molecule has 0 saturated carbocycles. The lowest BCUT2D eigenvalue weighted by Gasteiger charge is -2.35. The van der Waals surface area contributed by atoms with Crippen LogP contribution in [0, 0.1) is 13.8 Å². The largest absolute Gasteiger partial charge is 0.335 e. The Kier molecular flexibility index (Phi) is 5.07. The monoisotopic (exact) mass is 263 g/mol. The molecular formula is C14H25N5. The number of nitrogens with one attached hydrogen (secondary N) is 1. The molecule has 0 amide bonds. The summed E-state index contributed by atoms with van der Waals surface area (Å²) < 4.78 is 0. The molecule has 1 aromatic heterocycles. The second-order valence-corrected chi connectivity index (χ2v) is 5.33. The summed E-state index contributed by atoms with van der Waals surface area (Å²) in [5.41, 5.74) is 1.90. The van der Waals surface area contributed by atoms with Gasteiger partial charge < -0.3 is 10.2 Å². The van der Waals surface area contributed by atoms with Gasteiger partial charge >= 0.3 is 0 Å². The minimum absolute atomic E-state index is 0.504. The molecule has 2 rings (SSSR count). The van der Waals surface area contributed by atoms with Gasteiger partial charge in [-0.05, 0) is 46.1 Å². The standard InChI is InChI=1S/C14H25N5/c1-4-8-15-10-13-7-5-6-9-19(13)14-16-11(2)12(3)17-18-14/h13,15H,4-10H2,1-3H3. The Hall–Kier alpha value is -1.23. The molecule has 1 N–H and O–H groups in total. The van der Waals surface area contributed by atoms with Crippen molar-refractivity contribution in [2.75, 3.05) is 24.5 Å². The zero-order valence-corrected chi connectivity index (χ0v) is 12.3. The van der Waals surface area contributed by atoms with E-state index in [-0.39, 0.29) is 0 Å². The number of anilines is 1. The summed E-state index contributed by atoms with van der Waals surface area (Å²) in [6.07, 6.45) is 4.91. The number of hydrogen-bond donors (Lipinski definition) is 1. The highest BCUT2D eigenvalue weighted by molar-refractivity contribution is 5.32. The molecule has 5 nitrogen and oxygen atoms in total. The van der Waals surface area contributed by atoms with E-state index in [1.807, 2.05) is 13.8 Å². The van der Waals surface area contributed by atoms with E-state index in [2.05, 4.69) is 32.3 Å². The van der Waals surface area contributed by atoms with Crippen LogP contribution in [-0.2, 0) is 0 Å². The van der Waals surface area contributed by atoms with Crippen LogP contribution in [0.1, 0.15) is 44.0 Å². The number of aryl methyl sites for hydroxylation is 2. The van der Waals surface area contributed by atoms with Crippen LogP contribution in [0.2, 0.25) is 0 Å². The zero-order valence-electron chi connectivity index (χ0n) is 12.3. The van der Waals surface area contributed by atoms with Gasteiger partial charge in [0.25, 0.3) is 0 Å². The third kappa shape index (κ3) is 3.62. The lowest BCUT2D eigenvalue weighted by atomic mass is 10.0. The predicted octanol–water partition coefficient (Wildman–Crippen LogP) is 1.85. The number of piperidine rings is 1. The Morgan fingerprint density at radius 3 is 2.79 bits per heavy atom. The Balaban J connectivity index is 2.07. The van der Waals surface area contributed by atoms with Crippen LogP contribution in [0.4, 0.5) is 5.95 Å². The molecule has 0 aromatic carbocycles. The number of rotatable bonds is 5. The fourth-order valence-corrected chi connectivity index (χ4v) is 2.49. The molecule has 0 radical (unpaired) electrons. The summed E-state index contributed by atoms with van der Waals surface area (Å²) >= 11 is 0. The number of hydrogen-bond acceptors (Lipinski definition) is 5. The SMILES string of the molecule is CCCNCC1CCCCN1c1nnc(C)c(C)n1. The molecule has 1 atom stereocenters. The van der Waals surface area contributed by atoms with Gasteiger partial charge in [0.2, 0.25) is 5.95 Å². The summed E-state index contributed by atoms with van der Waals surface area (Å²) in [6, 6.07) is 0.504. The zero-order chi connectivity index (χ0) is 13.7. The van der Waals surface area contributed by atoms with Crippen LogP contribution < -0.4 is 10.2 Å². The lowest BCUT2D eigenvalue weighted by molar-refractivity contribution is 0.428. The fourth-order valence-electron chi connectivity index (χ4n) is 2.49. The van der Waals surface area contributed by atoms with Crippen molar-refractivity contribution in [3.63, 3.8) is 0 Å². The topological polar surface area (TPSA) is 53.9 Å². The van der Waals surface area contributed by atoms with Crippen molar-refractivity contribution < 1.29 is 0 Å². The first-order valence-corrected chi connectivity index (χ1v) is 7.37. The van der Waals surface area contributed by atoms with Crippen LogP contribution in [0.25, 0.3) is 0 Å². The summed E-state index contributed by atoms with van der Waals surface area (Å²) in [6.45, 7) is 9.29. The summed E-state index contributed by atoms with van der Waals surface area (Å²) in [5.74, 6) is 0.797. The lowest BCUT2D eigenvalue weighted by Crippen LogP contribution is -2.46. The van der Waals surface area contributed by atoms with E-state index in [0.717, 1.165) is 37.0 Å². The Labute approximate surface area is 115 Å². The van der Waals surface area contributed by atoms with Crippen LogP contribution in [0.5, 0.6) is 0 Å². The molecule has 1 fully saturated rings. The molecule has 1 aliphatic heterocycles. The van der Waals surface area contributed by atoms with Gasteiger partial charge in [-0.15, -0.1) is 5.10 Å². The van der Waals surface area contributed by atoms with Gasteiger partial charge in [-0.25, -0.2) is 4.98 Å². The minimum atomic E-state index is 0.504. The van der Waals surface area contributed by atoms with E-state index in [1.165, 1.54) is 25.7 Å². The molecule has 2 heterocycles. The Morgan fingerprint density at radius 1 is 1.21 bits per heavy atom. The van der Waals surface area contributed by atoms with E-state index in [4.69, 9.17) is 0 Å². The summed E-state index contributed by atoms with van der Waals surface area (Å²) in [7, 11) is 0. The van der Waals surface area contributed by atoms with Gasteiger partial charge in [0, 0.05) is 19.1 Å². The Morgan fingerprint density at radius 2 is 2.05 bits per heavy atom. The normalized spacial score (nSPS) is 19.7. The predicted molar refractivity (Wildman–Crippen MR) is 77.4 cm³/mol. The van der Waals surface area contributed by atoms with Crippen LogP contribution >= 0.6 is 0 Å². The molecule has 1 aliphatic rings. The summed E-state index contributed by atoms with van der Waals surface area (Å²) in [4.78, 5) is 6.92. The maximum absolute atomic E-state index is 4.60. The van der Waals surface area contributed by atoms with E-state index in [0.29, 0.717) is 6.04 Å². The maximum atomic E-state index is 4.60. The van der Waals surface area contributed by atoms with Crippen molar-refractivity contribution in [3.8, 4) is 0 Å². The van der Waals surface area contributed by atoms with Crippen molar-refractivity contribution in [1.82, 2.24) is 20.5 Å². The second-order valence-electron chi connectivity index (χ2n) is 5.33. The van der Waals surface area contributed by atoms with Crippen molar-refractivity contribution in [1.29, 1.82) is 0 Å².